The van der Waals surface area contributed by atoms with Crippen molar-refractivity contribution in [1.82, 2.24) is 4.90 Å². The molecule has 1 N–H and O–H groups in total. The minimum Gasteiger partial charge on any atom is -0.396 e. The normalized spacial score (nSPS) is 24.5. The highest BCUT2D eigenvalue weighted by atomic mass is 16.2. The van der Waals surface area contributed by atoms with Crippen LogP contribution < -0.4 is 0 Å². The summed E-state index contributed by atoms with van der Waals surface area (Å²) < 4.78 is 0. The van der Waals surface area contributed by atoms with E-state index in [4.69, 9.17) is 5.11 Å². The Morgan fingerprint density at radius 3 is 2.74 bits per heavy atom. The predicted molar refractivity (Wildman–Crippen MR) is 80.0 cm³/mol. The highest BCUT2D eigenvalue weighted by Gasteiger charge is 2.33. The van der Waals surface area contributed by atoms with Gasteiger partial charge in [0.2, 0.25) is 0 Å². The van der Waals surface area contributed by atoms with Gasteiger partial charge in [-0.2, -0.15) is 0 Å². The van der Waals surface area contributed by atoms with Gasteiger partial charge in [-0.15, -0.1) is 0 Å². The third-order valence-electron chi connectivity index (χ3n) is 4.60. The van der Waals surface area contributed by atoms with Gasteiger partial charge in [-0.1, -0.05) is 37.3 Å². The Morgan fingerprint density at radius 1 is 1.26 bits per heavy atom. The van der Waals surface area contributed by atoms with Crippen molar-refractivity contribution in [3.63, 3.8) is 0 Å². The zero-order valence-corrected chi connectivity index (χ0v) is 12.1. The molecule has 0 aromatic heterocycles. The van der Waals surface area contributed by atoms with Gasteiger partial charge in [0.05, 0.1) is 0 Å². The van der Waals surface area contributed by atoms with E-state index in [1.807, 2.05) is 0 Å². The van der Waals surface area contributed by atoms with Gasteiger partial charge >= 0.3 is 0 Å². The molecule has 1 unspecified atom stereocenters. The topological polar surface area (TPSA) is 23.5 Å². The first-order valence-corrected chi connectivity index (χ1v) is 7.65. The van der Waals surface area contributed by atoms with Gasteiger partial charge < -0.3 is 5.11 Å². The van der Waals surface area contributed by atoms with Crippen LogP contribution in [0.4, 0.5) is 0 Å². The lowest BCUT2D eigenvalue weighted by atomic mass is 9.74. The van der Waals surface area contributed by atoms with Gasteiger partial charge in [-0.3, -0.25) is 4.90 Å². The van der Waals surface area contributed by atoms with Crippen LogP contribution in [0.1, 0.15) is 44.6 Å². The van der Waals surface area contributed by atoms with Crippen molar-refractivity contribution < 1.29 is 5.11 Å². The Bertz CT molecular complexity index is 365. The first kappa shape index (κ1) is 14.5. The molecule has 1 aliphatic rings. The highest BCUT2D eigenvalue weighted by Crippen LogP contribution is 2.38. The number of hydrogen-bond donors (Lipinski definition) is 1. The summed E-state index contributed by atoms with van der Waals surface area (Å²) in [7, 11) is 0. The van der Waals surface area contributed by atoms with E-state index in [1.54, 1.807) is 0 Å². The minimum absolute atomic E-state index is 0.334. The number of piperidine rings is 1. The van der Waals surface area contributed by atoms with E-state index < -0.39 is 0 Å². The fraction of sp³-hybridized carbons (Fsp3) is 0.647. The van der Waals surface area contributed by atoms with Crippen molar-refractivity contribution in [2.45, 2.75) is 45.6 Å². The van der Waals surface area contributed by atoms with E-state index in [0.717, 1.165) is 13.0 Å². The second-order valence-electron chi connectivity index (χ2n) is 5.98. The lowest BCUT2D eigenvalue weighted by Gasteiger charge is -2.43. The first-order valence-electron chi connectivity index (χ1n) is 7.65. The summed E-state index contributed by atoms with van der Waals surface area (Å²) in [6, 6.07) is 10.8. The van der Waals surface area contributed by atoms with Crippen molar-refractivity contribution in [1.29, 1.82) is 0 Å². The maximum Gasteiger partial charge on any atom is 0.0431 e. The quantitative estimate of drug-likeness (QED) is 0.848. The molecule has 0 saturated carbocycles. The van der Waals surface area contributed by atoms with Crippen LogP contribution in [0, 0.1) is 5.41 Å². The van der Waals surface area contributed by atoms with Crippen LogP contribution in [0.5, 0.6) is 0 Å². The SMILES string of the molecule is CCC1(CCCO)CCCN(Cc2ccccc2)C1. The molecule has 1 aromatic carbocycles. The number of aliphatic hydroxyl groups excluding tert-OH is 1. The molecule has 0 amide bonds. The lowest BCUT2D eigenvalue weighted by Crippen LogP contribution is -2.42. The van der Waals surface area contributed by atoms with E-state index in [9.17, 15) is 0 Å². The number of benzene rings is 1. The highest BCUT2D eigenvalue weighted by molar-refractivity contribution is 5.14. The molecule has 106 valence electrons. The Labute approximate surface area is 117 Å². The Hall–Kier alpha value is -0.860. The molecule has 1 saturated heterocycles. The Kier molecular flexibility index (Phi) is 5.41. The first-order chi connectivity index (χ1) is 9.28. The van der Waals surface area contributed by atoms with Crippen LogP contribution >= 0.6 is 0 Å². The maximum atomic E-state index is 9.09. The standard InChI is InChI=1S/C17H27NO/c1-2-17(11-7-13-19)10-6-12-18(15-17)14-16-8-4-3-5-9-16/h3-5,8-9,19H,2,6-7,10-15H2,1H3. The number of aliphatic hydroxyl groups is 1. The summed E-state index contributed by atoms with van der Waals surface area (Å²) >= 11 is 0. The maximum absolute atomic E-state index is 9.09. The fourth-order valence-electron chi connectivity index (χ4n) is 3.41. The molecule has 19 heavy (non-hydrogen) atoms. The molecule has 0 aliphatic carbocycles. The molecule has 1 aliphatic heterocycles. The van der Waals surface area contributed by atoms with Crippen molar-refractivity contribution in [2.75, 3.05) is 19.7 Å². The zero-order valence-electron chi connectivity index (χ0n) is 12.1. The molecule has 2 rings (SSSR count). The summed E-state index contributed by atoms with van der Waals surface area (Å²) in [5.41, 5.74) is 1.85. The van der Waals surface area contributed by atoms with E-state index >= 15 is 0 Å². The number of rotatable bonds is 6. The second kappa shape index (κ2) is 7.06. The van der Waals surface area contributed by atoms with Crippen LogP contribution in [0.15, 0.2) is 30.3 Å². The molecule has 1 heterocycles. The molecule has 1 aromatic rings. The largest absolute Gasteiger partial charge is 0.396 e. The van der Waals surface area contributed by atoms with Crippen LogP contribution in [-0.4, -0.2) is 29.7 Å². The van der Waals surface area contributed by atoms with Crippen LogP contribution in [-0.2, 0) is 6.54 Å². The van der Waals surface area contributed by atoms with Gasteiger partial charge in [0.25, 0.3) is 0 Å². The lowest BCUT2D eigenvalue weighted by molar-refractivity contribution is 0.0643. The molecule has 1 fully saturated rings. The molecule has 2 nitrogen and oxygen atoms in total. The smallest absolute Gasteiger partial charge is 0.0431 e. The molecule has 0 bridgehead atoms. The van der Waals surface area contributed by atoms with Crippen molar-refractivity contribution in [3.8, 4) is 0 Å². The van der Waals surface area contributed by atoms with E-state index in [2.05, 4.69) is 42.2 Å². The summed E-state index contributed by atoms with van der Waals surface area (Å²) in [5.74, 6) is 0. The van der Waals surface area contributed by atoms with Gasteiger partial charge in [0, 0.05) is 19.7 Å². The zero-order chi connectivity index (χ0) is 13.6. The van der Waals surface area contributed by atoms with Crippen molar-refractivity contribution in [3.05, 3.63) is 35.9 Å². The summed E-state index contributed by atoms with van der Waals surface area (Å²) in [5, 5.41) is 9.09. The Morgan fingerprint density at radius 2 is 2.05 bits per heavy atom. The summed E-state index contributed by atoms with van der Waals surface area (Å²) in [4.78, 5) is 2.60. The molecular weight excluding hydrogens is 234 g/mol. The molecule has 1 atom stereocenters. The van der Waals surface area contributed by atoms with E-state index in [1.165, 1.54) is 44.3 Å². The summed E-state index contributed by atoms with van der Waals surface area (Å²) in [6.45, 7) is 6.12. The number of hydrogen-bond acceptors (Lipinski definition) is 2. The van der Waals surface area contributed by atoms with Crippen molar-refractivity contribution >= 4 is 0 Å². The monoisotopic (exact) mass is 261 g/mol. The van der Waals surface area contributed by atoms with Crippen LogP contribution in [0.2, 0.25) is 0 Å². The van der Waals surface area contributed by atoms with E-state index in [0.29, 0.717) is 12.0 Å². The van der Waals surface area contributed by atoms with Crippen LogP contribution in [0.3, 0.4) is 0 Å². The van der Waals surface area contributed by atoms with Gasteiger partial charge in [-0.05, 0) is 49.6 Å². The molecule has 0 spiro atoms. The average Bonchev–Trinajstić information content (AvgIpc) is 2.46. The molecule has 0 radical (unpaired) electrons. The summed E-state index contributed by atoms with van der Waals surface area (Å²) in [6.07, 6.45) is 5.98. The van der Waals surface area contributed by atoms with Crippen molar-refractivity contribution in [2.24, 2.45) is 5.41 Å². The number of nitrogens with zero attached hydrogens (tertiary/aromatic N) is 1. The Balaban J connectivity index is 1.95. The fourth-order valence-corrected chi connectivity index (χ4v) is 3.41. The molecule has 2 heteroatoms. The number of likely N-dealkylation sites (tertiary alicyclic amines) is 1. The third kappa shape index (κ3) is 4.05. The van der Waals surface area contributed by atoms with Gasteiger partial charge in [0.15, 0.2) is 0 Å². The second-order valence-corrected chi connectivity index (χ2v) is 5.98. The van der Waals surface area contributed by atoms with E-state index in [-0.39, 0.29) is 0 Å². The predicted octanol–water partition coefficient (Wildman–Crippen LogP) is 3.45. The van der Waals surface area contributed by atoms with Gasteiger partial charge in [0.1, 0.15) is 0 Å². The average molecular weight is 261 g/mol. The van der Waals surface area contributed by atoms with Gasteiger partial charge in [-0.25, -0.2) is 0 Å². The molecular formula is C17H27NO. The van der Waals surface area contributed by atoms with Crippen LogP contribution in [0.25, 0.3) is 0 Å². The third-order valence-corrected chi connectivity index (χ3v) is 4.60. The minimum atomic E-state index is 0.334.